The van der Waals surface area contributed by atoms with Gasteiger partial charge in [-0.2, -0.15) is 5.26 Å². The van der Waals surface area contributed by atoms with Gasteiger partial charge in [-0.1, -0.05) is 63.4 Å². The van der Waals surface area contributed by atoms with E-state index in [0.29, 0.717) is 28.6 Å². The Bertz CT molecular complexity index is 1130. The van der Waals surface area contributed by atoms with Crippen LogP contribution in [0.1, 0.15) is 16.7 Å². The number of carbonyl (C=O) groups is 1. The number of rotatable bonds is 6. The predicted octanol–water partition coefficient (Wildman–Crippen LogP) is 6.54. The summed E-state index contributed by atoms with van der Waals surface area (Å²) in [6.45, 7) is 2.42. The van der Waals surface area contributed by atoms with Gasteiger partial charge in [-0.05, 0) is 60.5 Å². The summed E-state index contributed by atoms with van der Waals surface area (Å²) in [6, 6.07) is 22.2. The van der Waals surface area contributed by atoms with Crippen LogP contribution in [0.2, 0.25) is 5.02 Å². The number of nitrogens with one attached hydrogen (secondary N) is 1. The molecule has 0 unspecified atom stereocenters. The minimum absolute atomic E-state index is 0.0255. The number of nitrogens with zero attached hydrogens (tertiary/aromatic N) is 1. The number of halogens is 2. The summed E-state index contributed by atoms with van der Waals surface area (Å²) in [7, 11) is 0. The number of benzene rings is 3. The van der Waals surface area contributed by atoms with Crippen molar-refractivity contribution in [1.82, 2.24) is 0 Å². The fourth-order valence-electron chi connectivity index (χ4n) is 2.73. The molecular weight excluding hydrogens is 464 g/mol. The first kappa shape index (κ1) is 21.6. The van der Waals surface area contributed by atoms with E-state index in [-0.39, 0.29) is 5.57 Å². The van der Waals surface area contributed by atoms with Crippen LogP contribution >= 0.6 is 27.5 Å². The van der Waals surface area contributed by atoms with Crippen LogP contribution in [-0.4, -0.2) is 5.91 Å². The topological polar surface area (TPSA) is 62.1 Å². The van der Waals surface area contributed by atoms with Crippen LogP contribution in [-0.2, 0) is 11.4 Å². The van der Waals surface area contributed by atoms with Gasteiger partial charge in [0.25, 0.3) is 5.91 Å². The molecular formula is C24H18BrClN2O2. The second-order valence-electron chi connectivity index (χ2n) is 6.60. The summed E-state index contributed by atoms with van der Waals surface area (Å²) < 4.78 is 6.70. The van der Waals surface area contributed by atoms with Gasteiger partial charge in [0.1, 0.15) is 24.0 Å². The molecule has 3 aromatic rings. The van der Waals surface area contributed by atoms with Gasteiger partial charge in [-0.3, -0.25) is 4.79 Å². The highest BCUT2D eigenvalue weighted by atomic mass is 79.9. The molecule has 0 spiro atoms. The average molecular weight is 482 g/mol. The van der Waals surface area contributed by atoms with Gasteiger partial charge < -0.3 is 10.1 Å². The third-order valence-corrected chi connectivity index (χ3v) is 5.03. The Morgan fingerprint density at radius 2 is 1.93 bits per heavy atom. The van der Waals surface area contributed by atoms with Crippen LogP contribution in [0.5, 0.6) is 5.75 Å². The largest absolute Gasteiger partial charge is 0.487 e. The molecule has 4 nitrogen and oxygen atoms in total. The molecule has 0 aromatic heterocycles. The number of nitriles is 1. The molecule has 0 bridgehead atoms. The van der Waals surface area contributed by atoms with Gasteiger partial charge in [0.05, 0.1) is 5.02 Å². The van der Waals surface area contributed by atoms with Crippen molar-refractivity contribution in [2.24, 2.45) is 0 Å². The van der Waals surface area contributed by atoms with E-state index >= 15 is 0 Å². The molecule has 30 heavy (non-hydrogen) atoms. The maximum atomic E-state index is 12.4. The highest BCUT2D eigenvalue weighted by molar-refractivity contribution is 9.10. The lowest BCUT2D eigenvalue weighted by Gasteiger charge is -2.09. The summed E-state index contributed by atoms with van der Waals surface area (Å²) in [4.78, 5) is 12.4. The molecule has 0 aliphatic rings. The maximum absolute atomic E-state index is 12.4. The van der Waals surface area contributed by atoms with Crippen LogP contribution in [0.3, 0.4) is 0 Å². The molecule has 0 radical (unpaired) electrons. The van der Waals surface area contributed by atoms with Crippen molar-refractivity contribution >= 4 is 45.2 Å². The summed E-state index contributed by atoms with van der Waals surface area (Å²) >= 11 is 9.67. The van der Waals surface area contributed by atoms with Gasteiger partial charge >= 0.3 is 0 Å². The van der Waals surface area contributed by atoms with Crippen molar-refractivity contribution in [2.75, 3.05) is 5.32 Å². The lowest BCUT2D eigenvalue weighted by molar-refractivity contribution is -0.112. The Morgan fingerprint density at radius 1 is 1.17 bits per heavy atom. The lowest BCUT2D eigenvalue weighted by Crippen LogP contribution is -2.13. The fourth-order valence-corrected chi connectivity index (χ4v) is 3.24. The minimum Gasteiger partial charge on any atom is -0.487 e. The second-order valence-corrected chi connectivity index (χ2v) is 7.92. The number of carbonyl (C=O) groups excluding carboxylic acids is 1. The third-order valence-electron chi connectivity index (χ3n) is 4.21. The summed E-state index contributed by atoms with van der Waals surface area (Å²) in [5.74, 6) is 0.0452. The predicted molar refractivity (Wildman–Crippen MR) is 123 cm³/mol. The highest BCUT2D eigenvalue weighted by Crippen LogP contribution is 2.27. The van der Waals surface area contributed by atoms with Crippen LogP contribution in [0.4, 0.5) is 5.69 Å². The zero-order valence-corrected chi connectivity index (χ0v) is 18.5. The Morgan fingerprint density at radius 3 is 2.60 bits per heavy atom. The van der Waals surface area contributed by atoms with Crippen LogP contribution in [0.15, 0.2) is 76.8 Å². The smallest absolute Gasteiger partial charge is 0.266 e. The molecule has 150 valence electrons. The SMILES string of the molecule is Cc1cccc(COc2ccc(/C=C(\C#N)C(=O)Nc3ccc(Br)cc3)cc2Cl)c1. The van der Waals surface area contributed by atoms with Crippen molar-refractivity contribution in [1.29, 1.82) is 5.26 Å². The van der Waals surface area contributed by atoms with Gasteiger partial charge in [0.2, 0.25) is 0 Å². The van der Waals surface area contributed by atoms with Gasteiger partial charge in [0.15, 0.2) is 0 Å². The number of amides is 1. The van der Waals surface area contributed by atoms with E-state index < -0.39 is 5.91 Å². The molecule has 3 aromatic carbocycles. The van der Waals surface area contributed by atoms with E-state index in [0.717, 1.165) is 15.6 Å². The molecule has 1 N–H and O–H groups in total. The van der Waals surface area contributed by atoms with Gasteiger partial charge in [-0.25, -0.2) is 0 Å². The molecule has 0 aliphatic heterocycles. The molecule has 0 aliphatic carbocycles. The summed E-state index contributed by atoms with van der Waals surface area (Å²) in [5, 5.41) is 12.5. The van der Waals surface area contributed by atoms with Crippen molar-refractivity contribution < 1.29 is 9.53 Å². The Kier molecular flexibility index (Phi) is 7.29. The number of hydrogen-bond acceptors (Lipinski definition) is 3. The maximum Gasteiger partial charge on any atom is 0.266 e. The van der Waals surface area contributed by atoms with Crippen molar-refractivity contribution in [3.63, 3.8) is 0 Å². The Labute approximate surface area is 188 Å². The van der Waals surface area contributed by atoms with E-state index in [2.05, 4.69) is 21.2 Å². The molecule has 0 atom stereocenters. The van der Waals surface area contributed by atoms with Gasteiger partial charge in [0, 0.05) is 10.2 Å². The van der Waals surface area contributed by atoms with E-state index in [1.165, 1.54) is 6.08 Å². The molecule has 0 heterocycles. The standard InChI is InChI=1S/C24H18BrClN2O2/c1-16-3-2-4-18(11-16)15-30-23-10-5-17(13-22(23)26)12-19(14-27)24(29)28-21-8-6-20(25)7-9-21/h2-13H,15H2,1H3,(H,28,29)/b19-12+. The average Bonchev–Trinajstić information content (AvgIpc) is 2.73. The Hall–Kier alpha value is -3.07. The number of anilines is 1. The molecule has 6 heteroatoms. The van der Waals surface area contributed by atoms with Crippen molar-refractivity contribution in [3.8, 4) is 11.8 Å². The van der Waals surface area contributed by atoms with E-state index in [4.69, 9.17) is 16.3 Å². The van der Waals surface area contributed by atoms with E-state index in [1.54, 1.807) is 42.5 Å². The summed E-state index contributed by atoms with van der Waals surface area (Å²) in [6.07, 6.45) is 1.49. The zero-order valence-electron chi connectivity index (χ0n) is 16.2. The first-order chi connectivity index (χ1) is 14.4. The number of hydrogen-bond donors (Lipinski definition) is 1. The number of ether oxygens (including phenoxy) is 1. The second kappa shape index (κ2) is 10.1. The number of aryl methyl sites for hydroxylation is 1. The van der Waals surface area contributed by atoms with Crippen LogP contribution < -0.4 is 10.1 Å². The molecule has 0 saturated heterocycles. The van der Waals surface area contributed by atoms with Crippen LogP contribution in [0, 0.1) is 18.3 Å². The summed E-state index contributed by atoms with van der Waals surface area (Å²) in [5.41, 5.74) is 3.41. The highest BCUT2D eigenvalue weighted by Gasteiger charge is 2.11. The van der Waals surface area contributed by atoms with Crippen LogP contribution in [0.25, 0.3) is 6.08 Å². The van der Waals surface area contributed by atoms with Crippen molar-refractivity contribution in [3.05, 3.63) is 98.5 Å². The van der Waals surface area contributed by atoms with Gasteiger partial charge in [-0.15, -0.1) is 0 Å². The first-order valence-corrected chi connectivity index (χ1v) is 10.3. The van der Waals surface area contributed by atoms with E-state index in [1.807, 2.05) is 37.3 Å². The third kappa shape index (κ3) is 5.96. The normalized spacial score (nSPS) is 10.9. The lowest BCUT2D eigenvalue weighted by atomic mass is 10.1. The molecule has 1 amide bonds. The zero-order chi connectivity index (χ0) is 21.5. The quantitative estimate of drug-likeness (QED) is 0.321. The van der Waals surface area contributed by atoms with Crippen molar-refractivity contribution in [2.45, 2.75) is 13.5 Å². The first-order valence-electron chi connectivity index (χ1n) is 9.11. The fraction of sp³-hybridized carbons (Fsp3) is 0.0833. The molecule has 3 rings (SSSR count). The minimum atomic E-state index is -0.490. The Balaban J connectivity index is 1.70. The molecule has 0 saturated carbocycles. The van der Waals surface area contributed by atoms with E-state index in [9.17, 15) is 10.1 Å². The monoisotopic (exact) mass is 480 g/mol. The molecule has 0 fully saturated rings.